The molecule has 0 spiro atoms. The fraction of sp³-hybridized carbons (Fsp3) is 0.571. The van der Waals surface area contributed by atoms with Gasteiger partial charge < -0.3 is 4.74 Å². The second kappa shape index (κ2) is 16.3. The zero-order chi connectivity index (χ0) is 20.5. The number of imide groups is 1. The van der Waals surface area contributed by atoms with Gasteiger partial charge in [-0.1, -0.05) is 53.7 Å². The minimum absolute atomic E-state index is 0.203. The van der Waals surface area contributed by atoms with Crippen molar-refractivity contribution in [3.63, 3.8) is 0 Å². The molecule has 0 saturated carbocycles. The molecule has 0 aromatic heterocycles. The van der Waals surface area contributed by atoms with Crippen LogP contribution in [-0.4, -0.2) is 24.9 Å². The van der Waals surface area contributed by atoms with Crippen molar-refractivity contribution in [3.05, 3.63) is 29.8 Å². The first-order chi connectivity index (χ1) is 12.5. The van der Waals surface area contributed by atoms with Gasteiger partial charge in [-0.05, 0) is 30.5 Å². The molecule has 1 rings (SSSR count). The highest BCUT2D eigenvalue weighted by Gasteiger charge is 2.20. The van der Waals surface area contributed by atoms with Gasteiger partial charge in [-0.15, -0.1) is 0 Å². The summed E-state index contributed by atoms with van der Waals surface area (Å²) in [6.45, 7) is 11.5. The molecular formula is C21H35NO4. The van der Waals surface area contributed by atoms with E-state index in [1.54, 1.807) is 26.0 Å². The Bertz CT molecular complexity index is 507. The molecule has 0 unspecified atom stereocenters. The van der Waals surface area contributed by atoms with Crippen LogP contribution >= 0.6 is 0 Å². The first kappa shape index (κ1) is 26.1. The Morgan fingerprint density at radius 2 is 1.35 bits per heavy atom. The number of nitrogens with zero attached hydrogens (tertiary/aromatic N) is 1. The first-order valence-electron chi connectivity index (χ1n) is 9.55. The van der Waals surface area contributed by atoms with E-state index in [1.165, 1.54) is 12.0 Å². The minimum Gasteiger partial charge on any atom is -0.469 e. The number of ether oxygens (including phenoxy) is 1. The molecular weight excluding hydrogens is 330 g/mol. The predicted octanol–water partition coefficient (Wildman–Crippen LogP) is 4.91. The van der Waals surface area contributed by atoms with Crippen LogP contribution in [0.25, 0.3) is 0 Å². The Balaban J connectivity index is 0. The van der Waals surface area contributed by atoms with E-state index in [9.17, 15) is 14.4 Å². The molecule has 26 heavy (non-hydrogen) atoms. The van der Waals surface area contributed by atoms with Crippen molar-refractivity contribution in [2.75, 3.05) is 12.0 Å². The molecule has 0 bridgehead atoms. The van der Waals surface area contributed by atoms with E-state index < -0.39 is 0 Å². The van der Waals surface area contributed by atoms with Gasteiger partial charge in [0.2, 0.25) is 11.8 Å². The Hall–Kier alpha value is -2.17. The number of hydrogen-bond donors (Lipinski definition) is 0. The van der Waals surface area contributed by atoms with E-state index in [2.05, 4.69) is 4.74 Å². The van der Waals surface area contributed by atoms with Crippen LogP contribution in [0.2, 0.25) is 0 Å². The third-order valence-corrected chi connectivity index (χ3v) is 3.37. The highest BCUT2D eigenvalue weighted by molar-refractivity contribution is 6.14. The lowest BCUT2D eigenvalue weighted by Gasteiger charge is -2.20. The van der Waals surface area contributed by atoms with Crippen molar-refractivity contribution >= 4 is 23.5 Å². The van der Waals surface area contributed by atoms with Crippen LogP contribution in [0.5, 0.6) is 0 Å². The van der Waals surface area contributed by atoms with Gasteiger partial charge >= 0.3 is 5.97 Å². The fourth-order valence-corrected chi connectivity index (χ4v) is 2.09. The molecule has 2 amide bonds. The minimum atomic E-state index is -0.218. The predicted molar refractivity (Wildman–Crippen MR) is 107 cm³/mol. The molecule has 5 heteroatoms. The Morgan fingerprint density at radius 1 is 0.885 bits per heavy atom. The fourth-order valence-electron chi connectivity index (χ4n) is 2.09. The third-order valence-electron chi connectivity index (χ3n) is 3.37. The number of rotatable bonds is 7. The van der Waals surface area contributed by atoms with E-state index in [4.69, 9.17) is 0 Å². The topological polar surface area (TPSA) is 63.7 Å². The number of esters is 1. The molecule has 148 valence electrons. The normalized spacial score (nSPS) is 9.04. The van der Waals surface area contributed by atoms with Crippen molar-refractivity contribution in [2.45, 2.75) is 73.6 Å². The number of carbonyl (C=O) groups excluding carboxylic acids is 3. The van der Waals surface area contributed by atoms with Gasteiger partial charge in [0.25, 0.3) is 0 Å². The lowest BCUT2D eigenvalue weighted by atomic mass is 10.1. The molecule has 0 radical (unpaired) electrons. The summed E-state index contributed by atoms with van der Waals surface area (Å²) in [4.78, 5) is 36.2. The number of hydrogen-bond acceptors (Lipinski definition) is 4. The maximum absolute atomic E-state index is 11.9. The van der Waals surface area contributed by atoms with Gasteiger partial charge in [0.1, 0.15) is 0 Å². The standard InChI is InChI=1S/C17H23NO4.2C2H6/c1-4-15(19)18(16(20)5-2)14-11-9-13(10-12-14)7-6-8-17(21)22-3;2*1-2/h9-12H,4-8H2,1-3H3;2*1-2H3. The van der Waals surface area contributed by atoms with Crippen molar-refractivity contribution in [3.8, 4) is 0 Å². The molecule has 0 aliphatic carbocycles. The second-order valence-electron chi connectivity index (χ2n) is 4.93. The van der Waals surface area contributed by atoms with Gasteiger partial charge in [0.15, 0.2) is 0 Å². The largest absolute Gasteiger partial charge is 0.469 e. The molecule has 0 fully saturated rings. The summed E-state index contributed by atoms with van der Waals surface area (Å²) in [7, 11) is 1.38. The molecule has 5 nitrogen and oxygen atoms in total. The molecule has 0 atom stereocenters. The van der Waals surface area contributed by atoms with E-state index >= 15 is 0 Å². The Morgan fingerprint density at radius 3 is 1.73 bits per heavy atom. The smallest absolute Gasteiger partial charge is 0.305 e. The third kappa shape index (κ3) is 9.35. The van der Waals surface area contributed by atoms with Gasteiger partial charge in [-0.25, -0.2) is 0 Å². The summed E-state index contributed by atoms with van der Waals surface area (Å²) in [6, 6.07) is 7.31. The number of aryl methyl sites for hydroxylation is 1. The average molecular weight is 366 g/mol. The monoisotopic (exact) mass is 365 g/mol. The van der Waals surface area contributed by atoms with Crippen LogP contribution in [0.15, 0.2) is 24.3 Å². The quantitative estimate of drug-likeness (QED) is 0.644. The Kier molecular flexibility index (Phi) is 16.3. The summed E-state index contributed by atoms with van der Waals surface area (Å²) in [6.07, 6.45) is 2.41. The summed E-state index contributed by atoms with van der Waals surface area (Å²) in [5.74, 6) is -0.625. The second-order valence-corrected chi connectivity index (χ2v) is 4.93. The number of amides is 2. The van der Waals surface area contributed by atoms with Crippen LogP contribution in [-0.2, 0) is 25.5 Å². The number of carbonyl (C=O) groups is 3. The maximum atomic E-state index is 11.9. The number of methoxy groups -OCH3 is 1. The molecule has 1 aromatic carbocycles. The molecule has 0 N–H and O–H groups in total. The van der Waals surface area contributed by atoms with Crippen molar-refractivity contribution < 1.29 is 19.1 Å². The van der Waals surface area contributed by atoms with Crippen molar-refractivity contribution in [2.24, 2.45) is 0 Å². The highest BCUT2D eigenvalue weighted by Crippen LogP contribution is 2.18. The van der Waals surface area contributed by atoms with Crippen molar-refractivity contribution in [1.82, 2.24) is 0 Å². The van der Waals surface area contributed by atoms with Crippen molar-refractivity contribution in [1.29, 1.82) is 0 Å². The summed E-state index contributed by atoms with van der Waals surface area (Å²) < 4.78 is 4.60. The first-order valence-corrected chi connectivity index (χ1v) is 9.55. The molecule has 0 aliphatic rings. The van der Waals surface area contributed by atoms with Crippen LogP contribution in [0.4, 0.5) is 5.69 Å². The zero-order valence-electron chi connectivity index (χ0n) is 17.4. The molecule has 1 aromatic rings. The van der Waals surface area contributed by atoms with Crippen LogP contribution < -0.4 is 4.90 Å². The van der Waals surface area contributed by atoms with Gasteiger partial charge in [-0.2, -0.15) is 0 Å². The van der Waals surface area contributed by atoms with Crippen LogP contribution in [0.1, 0.15) is 72.8 Å². The average Bonchev–Trinajstić information content (AvgIpc) is 2.71. The molecule has 0 aliphatic heterocycles. The van der Waals surface area contributed by atoms with E-state index in [0.29, 0.717) is 18.5 Å². The van der Waals surface area contributed by atoms with Crippen LogP contribution in [0, 0.1) is 0 Å². The summed E-state index contributed by atoms with van der Waals surface area (Å²) >= 11 is 0. The SMILES string of the molecule is CC.CC.CCC(=O)N(C(=O)CC)c1ccc(CCCC(=O)OC)cc1. The van der Waals surface area contributed by atoms with Gasteiger partial charge in [0, 0.05) is 19.3 Å². The van der Waals surface area contributed by atoms with E-state index in [0.717, 1.165) is 12.0 Å². The maximum Gasteiger partial charge on any atom is 0.305 e. The highest BCUT2D eigenvalue weighted by atomic mass is 16.5. The Labute approximate surface area is 158 Å². The van der Waals surface area contributed by atoms with E-state index in [1.807, 2.05) is 39.8 Å². The molecule has 0 heterocycles. The van der Waals surface area contributed by atoms with Gasteiger partial charge in [-0.3, -0.25) is 19.3 Å². The van der Waals surface area contributed by atoms with Crippen LogP contribution in [0.3, 0.4) is 0 Å². The molecule has 0 saturated heterocycles. The number of benzene rings is 1. The zero-order valence-corrected chi connectivity index (χ0v) is 17.4. The van der Waals surface area contributed by atoms with E-state index in [-0.39, 0.29) is 30.6 Å². The summed E-state index contributed by atoms with van der Waals surface area (Å²) in [5, 5.41) is 0. The lowest BCUT2D eigenvalue weighted by Crippen LogP contribution is -2.35. The summed E-state index contributed by atoms with van der Waals surface area (Å²) in [5.41, 5.74) is 1.65. The lowest BCUT2D eigenvalue weighted by molar-refractivity contribution is -0.140. The number of anilines is 1. The van der Waals surface area contributed by atoms with Gasteiger partial charge in [0.05, 0.1) is 12.8 Å².